The third kappa shape index (κ3) is 5.49. The van der Waals surface area contributed by atoms with E-state index in [1.165, 1.54) is 0 Å². The van der Waals surface area contributed by atoms with E-state index in [1.807, 2.05) is 50.2 Å². The van der Waals surface area contributed by atoms with Crippen molar-refractivity contribution in [1.82, 2.24) is 10.2 Å². The summed E-state index contributed by atoms with van der Waals surface area (Å²) >= 11 is 0. The van der Waals surface area contributed by atoms with Crippen LogP contribution in [0.5, 0.6) is 0 Å². The Morgan fingerprint density at radius 3 is 2.39 bits per heavy atom. The minimum absolute atomic E-state index is 0. The van der Waals surface area contributed by atoms with Crippen molar-refractivity contribution < 1.29 is 4.79 Å². The van der Waals surface area contributed by atoms with Gasteiger partial charge in [0.1, 0.15) is 6.04 Å². The molecule has 102 valence electrons. The number of nitrogens with one attached hydrogen (secondary N) is 1. The summed E-state index contributed by atoms with van der Waals surface area (Å²) in [7, 11) is 3.93. The predicted octanol–water partition coefficient (Wildman–Crippen LogP) is 1.09. The van der Waals surface area contributed by atoms with Crippen LogP contribution < -0.4 is 11.1 Å². The quantitative estimate of drug-likeness (QED) is 0.843. The van der Waals surface area contributed by atoms with Gasteiger partial charge in [-0.25, -0.2) is 0 Å². The lowest BCUT2D eigenvalue weighted by Crippen LogP contribution is -2.37. The zero-order chi connectivity index (χ0) is 12.8. The largest absolute Gasteiger partial charge is 0.353 e. The molecule has 0 bridgehead atoms. The molecule has 0 saturated carbocycles. The molecule has 1 rings (SSSR count). The molecule has 0 radical (unpaired) electrons. The number of carbonyl (C=O) groups excluding carboxylic acids is 1. The van der Waals surface area contributed by atoms with Crippen molar-refractivity contribution in [2.75, 3.05) is 27.2 Å². The number of nitrogens with two attached hydrogens (primary N) is 1. The molecule has 1 atom stereocenters. The van der Waals surface area contributed by atoms with E-state index in [0.29, 0.717) is 6.54 Å². The highest BCUT2D eigenvalue weighted by Crippen LogP contribution is 2.11. The molecule has 0 aliphatic heterocycles. The average molecular weight is 272 g/mol. The van der Waals surface area contributed by atoms with Gasteiger partial charge in [-0.1, -0.05) is 29.8 Å². The SMILES string of the molecule is Cc1ccc(C(N)C(=O)NCCN(C)C)cc1.Cl. The number of likely N-dealkylation sites (N-methyl/N-ethyl adjacent to an activating group) is 1. The Morgan fingerprint density at radius 1 is 1.33 bits per heavy atom. The van der Waals surface area contributed by atoms with E-state index in [9.17, 15) is 4.79 Å². The molecule has 0 aliphatic carbocycles. The Hall–Kier alpha value is -1.10. The smallest absolute Gasteiger partial charge is 0.241 e. The molecule has 4 nitrogen and oxygen atoms in total. The first-order valence-corrected chi connectivity index (χ1v) is 5.75. The minimum atomic E-state index is -0.585. The van der Waals surface area contributed by atoms with Crippen LogP contribution in [0, 0.1) is 6.92 Å². The van der Waals surface area contributed by atoms with Crippen molar-refractivity contribution >= 4 is 18.3 Å². The van der Waals surface area contributed by atoms with Crippen LogP contribution in [0.15, 0.2) is 24.3 Å². The first-order chi connectivity index (χ1) is 8.00. The van der Waals surface area contributed by atoms with Gasteiger partial charge in [0.05, 0.1) is 0 Å². The zero-order valence-electron chi connectivity index (χ0n) is 11.1. The second-order valence-corrected chi connectivity index (χ2v) is 4.48. The van der Waals surface area contributed by atoms with Gasteiger partial charge in [0.15, 0.2) is 0 Å². The summed E-state index contributed by atoms with van der Waals surface area (Å²) in [4.78, 5) is 13.8. The third-order valence-electron chi connectivity index (χ3n) is 2.58. The normalized spacial score (nSPS) is 11.8. The first kappa shape index (κ1) is 16.9. The number of carbonyl (C=O) groups is 1. The Balaban J connectivity index is 0.00000289. The van der Waals surface area contributed by atoms with Crippen LogP contribution >= 0.6 is 12.4 Å². The second kappa shape index (κ2) is 8.08. The van der Waals surface area contributed by atoms with Crippen molar-refractivity contribution in [3.8, 4) is 0 Å². The number of amides is 1. The lowest BCUT2D eigenvalue weighted by molar-refractivity contribution is -0.122. The van der Waals surface area contributed by atoms with Crippen LogP contribution in [0.4, 0.5) is 0 Å². The first-order valence-electron chi connectivity index (χ1n) is 5.75. The molecule has 1 amide bonds. The van der Waals surface area contributed by atoms with Gasteiger partial charge in [-0.3, -0.25) is 4.79 Å². The molecule has 5 heteroatoms. The fraction of sp³-hybridized carbons (Fsp3) is 0.462. The van der Waals surface area contributed by atoms with Crippen LogP contribution in [0.1, 0.15) is 17.2 Å². The molecule has 1 aromatic rings. The number of rotatable bonds is 5. The van der Waals surface area contributed by atoms with Crippen LogP contribution in [-0.2, 0) is 4.79 Å². The van der Waals surface area contributed by atoms with Crippen LogP contribution in [0.25, 0.3) is 0 Å². The molecule has 0 spiro atoms. The number of aryl methyl sites for hydroxylation is 1. The molecule has 0 heterocycles. The molecule has 3 N–H and O–H groups in total. The molecular formula is C13H22ClN3O. The van der Waals surface area contributed by atoms with Gasteiger partial charge in [0.2, 0.25) is 5.91 Å². The number of benzene rings is 1. The monoisotopic (exact) mass is 271 g/mol. The van der Waals surface area contributed by atoms with Gasteiger partial charge in [0, 0.05) is 13.1 Å². The maximum atomic E-state index is 11.8. The van der Waals surface area contributed by atoms with Crippen molar-refractivity contribution in [3.63, 3.8) is 0 Å². The molecular weight excluding hydrogens is 250 g/mol. The number of halogens is 1. The van der Waals surface area contributed by atoms with E-state index in [-0.39, 0.29) is 18.3 Å². The number of hydrogen-bond acceptors (Lipinski definition) is 3. The molecule has 0 fully saturated rings. The Morgan fingerprint density at radius 2 is 1.89 bits per heavy atom. The van der Waals surface area contributed by atoms with E-state index in [4.69, 9.17) is 5.73 Å². The maximum absolute atomic E-state index is 11.8. The molecule has 0 saturated heterocycles. The van der Waals surface area contributed by atoms with E-state index in [1.54, 1.807) is 0 Å². The zero-order valence-corrected chi connectivity index (χ0v) is 12.0. The molecule has 0 aromatic heterocycles. The minimum Gasteiger partial charge on any atom is -0.353 e. The van der Waals surface area contributed by atoms with Gasteiger partial charge < -0.3 is 16.0 Å². The number of nitrogens with zero attached hydrogens (tertiary/aromatic N) is 1. The Bertz CT molecular complexity index is 365. The summed E-state index contributed by atoms with van der Waals surface area (Å²) in [6, 6.07) is 7.12. The summed E-state index contributed by atoms with van der Waals surface area (Å²) < 4.78 is 0. The highest BCUT2D eigenvalue weighted by atomic mass is 35.5. The highest BCUT2D eigenvalue weighted by Gasteiger charge is 2.14. The van der Waals surface area contributed by atoms with Crippen LogP contribution in [0.3, 0.4) is 0 Å². The van der Waals surface area contributed by atoms with Gasteiger partial charge in [-0.2, -0.15) is 0 Å². The van der Waals surface area contributed by atoms with E-state index >= 15 is 0 Å². The van der Waals surface area contributed by atoms with E-state index in [2.05, 4.69) is 5.32 Å². The van der Waals surface area contributed by atoms with Gasteiger partial charge in [-0.15, -0.1) is 12.4 Å². The Kier molecular flexibility index (Phi) is 7.59. The highest BCUT2D eigenvalue weighted by molar-refractivity contribution is 5.85. The molecule has 1 aromatic carbocycles. The lowest BCUT2D eigenvalue weighted by Gasteiger charge is -2.14. The summed E-state index contributed by atoms with van der Waals surface area (Å²) in [5.74, 6) is -0.129. The summed E-state index contributed by atoms with van der Waals surface area (Å²) in [5, 5.41) is 2.82. The van der Waals surface area contributed by atoms with E-state index < -0.39 is 6.04 Å². The fourth-order valence-electron chi connectivity index (χ4n) is 1.44. The topological polar surface area (TPSA) is 58.4 Å². The molecule has 0 aliphatic rings. The fourth-order valence-corrected chi connectivity index (χ4v) is 1.44. The van der Waals surface area contributed by atoms with Crippen LogP contribution in [0.2, 0.25) is 0 Å². The van der Waals surface area contributed by atoms with Crippen molar-refractivity contribution in [2.24, 2.45) is 5.73 Å². The van der Waals surface area contributed by atoms with Crippen molar-refractivity contribution in [1.29, 1.82) is 0 Å². The molecule has 18 heavy (non-hydrogen) atoms. The van der Waals surface area contributed by atoms with Gasteiger partial charge >= 0.3 is 0 Å². The summed E-state index contributed by atoms with van der Waals surface area (Å²) in [6.07, 6.45) is 0. The van der Waals surface area contributed by atoms with Gasteiger partial charge in [-0.05, 0) is 26.6 Å². The summed E-state index contributed by atoms with van der Waals surface area (Å²) in [6.45, 7) is 3.43. The van der Waals surface area contributed by atoms with Crippen molar-refractivity contribution in [2.45, 2.75) is 13.0 Å². The third-order valence-corrected chi connectivity index (χ3v) is 2.58. The van der Waals surface area contributed by atoms with Crippen LogP contribution in [-0.4, -0.2) is 38.0 Å². The molecule has 1 unspecified atom stereocenters. The Labute approximate surface area is 115 Å². The second-order valence-electron chi connectivity index (χ2n) is 4.48. The van der Waals surface area contributed by atoms with Gasteiger partial charge in [0.25, 0.3) is 0 Å². The maximum Gasteiger partial charge on any atom is 0.241 e. The standard InChI is InChI=1S/C13H21N3O.ClH/c1-10-4-6-11(7-5-10)12(14)13(17)15-8-9-16(2)3;/h4-7,12H,8-9,14H2,1-3H3,(H,15,17);1H. The average Bonchev–Trinajstić information content (AvgIpc) is 2.28. The summed E-state index contributed by atoms with van der Waals surface area (Å²) in [5.41, 5.74) is 7.89. The lowest BCUT2D eigenvalue weighted by atomic mass is 10.1. The number of hydrogen-bond donors (Lipinski definition) is 2. The van der Waals surface area contributed by atoms with Crippen molar-refractivity contribution in [3.05, 3.63) is 35.4 Å². The predicted molar refractivity (Wildman–Crippen MR) is 76.9 cm³/mol. The van der Waals surface area contributed by atoms with E-state index in [0.717, 1.165) is 17.7 Å².